The molecule has 1 fully saturated rings. The van der Waals surface area contributed by atoms with E-state index in [0.29, 0.717) is 29.0 Å². The van der Waals surface area contributed by atoms with Crippen LogP contribution in [0.15, 0.2) is 31.0 Å². The van der Waals surface area contributed by atoms with Crippen molar-refractivity contribution in [2.45, 2.75) is 25.3 Å². The van der Waals surface area contributed by atoms with Crippen molar-refractivity contribution in [1.29, 1.82) is 0 Å². The van der Waals surface area contributed by atoms with E-state index in [4.69, 9.17) is 0 Å². The maximum atomic E-state index is 12.4. The molecule has 1 aliphatic rings. The number of hydrogen-bond acceptors (Lipinski definition) is 10. The lowest BCUT2D eigenvalue weighted by molar-refractivity contribution is -0.114. The van der Waals surface area contributed by atoms with Crippen molar-refractivity contribution in [2.24, 2.45) is 0 Å². The maximum Gasteiger partial charge on any atom is 0.271 e. The monoisotopic (exact) mass is 464 g/mol. The Bertz CT molecular complexity index is 1160. The van der Waals surface area contributed by atoms with Gasteiger partial charge in [0.05, 0.1) is 11.9 Å². The van der Waals surface area contributed by atoms with Crippen LogP contribution in [0.5, 0.6) is 0 Å². The van der Waals surface area contributed by atoms with E-state index in [1.165, 1.54) is 13.4 Å². The molecule has 1 amide bonds. The number of nitrogens with zero attached hydrogens (tertiary/aromatic N) is 7. The molecule has 3 aromatic heterocycles. The molecule has 3 N–H and O–H groups in total. The summed E-state index contributed by atoms with van der Waals surface area (Å²) in [5, 5.41) is 8.65. The molecule has 0 aliphatic carbocycles. The molecular weight excluding hydrogens is 436 g/mol. The lowest BCUT2D eigenvalue weighted by Gasteiger charge is -2.27. The van der Waals surface area contributed by atoms with Crippen molar-refractivity contribution < 1.29 is 9.59 Å². The van der Waals surface area contributed by atoms with E-state index < -0.39 is 5.54 Å². The highest BCUT2D eigenvalue weighted by Gasteiger charge is 2.32. The Morgan fingerprint density at radius 2 is 1.88 bits per heavy atom. The summed E-state index contributed by atoms with van der Waals surface area (Å²) in [5.41, 5.74) is -0.143. The molecule has 1 atom stereocenters. The smallest absolute Gasteiger partial charge is 0.271 e. The molecule has 3 aromatic rings. The van der Waals surface area contributed by atoms with E-state index in [0.717, 1.165) is 32.2 Å². The molecule has 178 valence electrons. The molecule has 0 aromatic carbocycles. The van der Waals surface area contributed by atoms with Gasteiger partial charge in [-0.05, 0) is 25.8 Å². The second-order valence-electron chi connectivity index (χ2n) is 8.20. The van der Waals surface area contributed by atoms with Crippen LogP contribution in [-0.2, 0) is 10.3 Å². The Kier molecular flexibility index (Phi) is 6.66. The summed E-state index contributed by atoms with van der Waals surface area (Å²) in [7, 11) is 3.19. The molecule has 12 heteroatoms. The maximum absolute atomic E-state index is 12.4. The number of carbonyl (C=O) groups is 2. The minimum atomic E-state index is -1.10. The molecule has 0 radical (unpaired) electrons. The van der Waals surface area contributed by atoms with Gasteiger partial charge in [0.1, 0.15) is 17.6 Å². The number of aldehydes is 1. The molecular formula is C22H28N10O2. The highest BCUT2D eigenvalue weighted by atomic mass is 16.2. The summed E-state index contributed by atoms with van der Waals surface area (Å²) in [4.78, 5) is 48.8. The first-order valence-electron chi connectivity index (χ1n) is 11.1. The van der Waals surface area contributed by atoms with E-state index in [1.807, 2.05) is 0 Å². The molecule has 4 heterocycles. The van der Waals surface area contributed by atoms with Crippen LogP contribution in [0.4, 0.5) is 17.6 Å². The van der Waals surface area contributed by atoms with Gasteiger partial charge in [0.2, 0.25) is 5.95 Å². The zero-order chi connectivity index (χ0) is 24.1. The number of amides is 1. The van der Waals surface area contributed by atoms with Gasteiger partial charge < -0.3 is 30.2 Å². The fourth-order valence-electron chi connectivity index (χ4n) is 3.82. The SMILES string of the molecule is CNC(=O)c1c(NC)ncn1C(C)(C=O)CNc1ccnc(-c2cnc(N3CCCC3)nc2)n1. The Balaban J connectivity index is 1.52. The highest BCUT2D eigenvalue weighted by Crippen LogP contribution is 2.23. The van der Waals surface area contributed by atoms with Gasteiger partial charge in [-0.15, -0.1) is 0 Å². The molecule has 1 aliphatic heterocycles. The number of anilines is 3. The van der Waals surface area contributed by atoms with Crippen LogP contribution in [-0.4, -0.2) is 75.4 Å². The zero-order valence-electron chi connectivity index (χ0n) is 19.4. The largest absolute Gasteiger partial charge is 0.371 e. The molecule has 12 nitrogen and oxygen atoms in total. The van der Waals surface area contributed by atoms with Crippen LogP contribution in [0.1, 0.15) is 30.3 Å². The summed E-state index contributed by atoms with van der Waals surface area (Å²) in [5.74, 6) is 1.74. The third kappa shape index (κ3) is 4.51. The fraction of sp³-hybridized carbons (Fsp3) is 0.409. The van der Waals surface area contributed by atoms with Crippen molar-refractivity contribution >= 4 is 29.8 Å². The van der Waals surface area contributed by atoms with Crippen molar-refractivity contribution in [3.05, 3.63) is 36.7 Å². The predicted octanol–water partition coefficient (Wildman–Crippen LogP) is 1.16. The number of imidazole rings is 1. The van der Waals surface area contributed by atoms with Crippen molar-refractivity contribution in [3.63, 3.8) is 0 Å². The van der Waals surface area contributed by atoms with Crippen LogP contribution in [0.2, 0.25) is 0 Å². The summed E-state index contributed by atoms with van der Waals surface area (Å²) < 4.78 is 1.55. The van der Waals surface area contributed by atoms with E-state index >= 15 is 0 Å². The van der Waals surface area contributed by atoms with Crippen molar-refractivity contribution in [2.75, 3.05) is 49.3 Å². The van der Waals surface area contributed by atoms with Gasteiger partial charge in [0, 0.05) is 52.3 Å². The molecule has 4 rings (SSSR count). The second-order valence-corrected chi connectivity index (χ2v) is 8.20. The molecule has 1 unspecified atom stereocenters. The van der Waals surface area contributed by atoms with Gasteiger partial charge in [-0.25, -0.2) is 24.9 Å². The zero-order valence-corrected chi connectivity index (χ0v) is 19.4. The summed E-state index contributed by atoms with van der Waals surface area (Å²) >= 11 is 0. The minimum Gasteiger partial charge on any atom is -0.371 e. The molecule has 0 saturated carbocycles. The average Bonchev–Trinajstić information content (AvgIpc) is 3.58. The number of carbonyl (C=O) groups excluding carboxylic acids is 2. The third-order valence-electron chi connectivity index (χ3n) is 5.82. The van der Waals surface area contributed by atoms with Crippen LogP contribution >= 0.6 is 0 Å². The molecule has 0 spiro atoms. The van der Waals surface area contributed by atoms with Crippen molar-refractivity contribution in [1.82, 2.24) is 34.8 Å². The Morgan fingerprint density at radius 1 is 1.15 bits per heavy atom. The number of nitrogens with one attached hydrogen (secondary N) is 3. The molecule has 1 saturated heterocycles. The van der Waals surface area contributed by atoms with Gasteiger partial charge in [0.15, 0.2) is 17.3 Å². The molecule has 34 heavy (non-hydrogen) atoms. The van der Waals surface area contributed by atoms with E-state index in [9.17, 15) is 9.59 Å². The first-order valence-corrected chi connectivity index (χ1v) is 11.1. The van der Waals surface area contributed by atoms with Crippen LogP contribution < -0.4 is 20.9 Å². The van der Waals surface area contributed by atoms with Gasteiger partial charge in [-0.2, -0.15) is 0 Å². The van der Waals surface area contributed by atoms with Crippen LogP contribution in [0, 0.1) is 0 Å². The summed E-state index contributed by atoms with van der Waals surface area (Å²) in [6, 6.07) is 1.71. The first-order chi connectivity index (χ1) is 16.5. The number of rotatable bonds is 9. The predicted molar refractivity (Wildman–Crippen MR) is 128 cm³/mol. The summed E-state index contributed by atoms with van der Waals surface area (Å²) in [6.45, 7) is 3.83. The lowest BCUT2D eigenvalue weighted by Crippen LogP contribution is -2.41. The topological polar surface area (TPSA) is 143 Å². The third-order valence-corrected chi connectivity index (χ3v) is 5.82. The summed E-state index contributed by atoms with van der Waals surface area (Å²) in [6.07, 6.45) is 9.62. The van der Waals surface area contributed by atoms with Gasteiger partial charge in [-0.3, -0.25) is 4.79 Å². The standard InChI is InChI=1S/C22H28N10O2/c1-22(13-33,32-14-29-19(23-2)17(32)20(34)24-3)12-28-16-6-7-25-18(30-16)15-10-26-21(27-11-15)31-8-4-5-9-31/h6-7,10-11,13-14,23H,4-5,8-9,12H2,1-3H3,(H,24,34)(H,25,28,30). The average molecular weight is 465 g/mol. The normalized spacial score (nSPS) is 15.0. The van der Waals surface area contributed by atoms with E-state index in [-0.39, 0.29) is 18.1 Å². The van der Waals surface area contributed by atoms with Crippen LogP contribution in [0.3, 0.4) is 0 Å². The van der Waals surface area contributed by atoms with Crippen molar-refractivity contribution in [3.8, 4) is 11.4 Å². The van der Waals surface area contributed by atoms with E-state index in [2.05, 4.69) is 45.8 Å². The number of hydrogen-bond donors (Lipinski definition) is 3. The van der Waals surface area contributed by atoms with Gasteiger partial charge in [0.25, 0.3) is 5.91 Å². The van der Waals surface area contributed by atoms with Gasteiger partial charge in [-0.1, -0.05) is 0 Å². The minimum absolute atomic E-state index is 0.168. The Morgan fingerprint density at radius 3 is 2.53 bits per heavy atom. The second kappa shape index (κ2) is 9.81. The lowest BCUT2D eigenvalue weighted by atomic mass is 10.0. The van der Waals surface area contributed by atoms with Gasteiger partial charge >= 0.3 is 0 Å². The first kappa shape index (κ1) is 23.1. The fourth-order valence-corrected chi connectivity index (χ4v) is 3.82. The Labute approximate surface area is 197 Å². The quantitative estimate of drug-likeness (QED) is 0.395. The molecule has 0 bridgehead atoms. The van der Waals surface area contributed by atoms with E-state index in [1.54, 1.807) is 43.2 Å². The Hall–Kier alpha value is -4.09. The highest BCUT2D eigenvalue weighted by molar-refractivity contribution is 5.97. The van der Waals surface area contributed by atoms with Crippen LogP contribution in [0.25, 0.3) is 11.4 Å². The number of aromatic nitrogens is 6.